The van der Waals surface area contributed by atoms with Crippen LogP contribution in [-0.4, -0.2) is 36.5 Å². The van der Waals surface area contributed by atoms with Gasteiger partial charge in [-0.15, -0.1) is 12.4 Å². The van der Waals surface area contributed by atoms with Crippen LogP contribution in [0.4, 0.5) is 4.39 Å². The highest BCUT2D eigenvalue weighted by atomic mass is 35.5. The maximum Gasteiger partial charge on any atom is 0.234 e. The van der Waals surface area contributed by atoms with E-state index in [0.717, 1.165) is 19.5 Å². The second-order valence-corrected chi connectivity index (χ2v) is 4.65. The van der Waals surface area contributed by atoms with Crippen molar-refractivity contribution in [2.24, 2.45) is 5.73 Å². The molecule has 1 aliphatic heterocycles. The Morgan fingerprint density at radius 3 is 2.84 bits per heavy atom. The monoisotopic (exact) mass is 287 g/mol. The van der Waals surface area contributed by atoms with Gasteiger partial charge in [-0.25, -0.2) is 4.39 Å². The molecular weight excluding hydrogens is 269 g/mol. The molecule has 1 amide bonds. The molecule has 0 radical (unpaired) electrons. The predicted octanol–water partition coefficient (Wildman–Crippen LogP) is 0.897. The smallest absolute Gasteiger partial charge is 0.234 e. The first-order valence-electron chi connectivity index (χ1n) is 6.13. The summed E-state index contributed by atoms with van der Waals surface area (Å²) in [5.74, 6) is -0.381. The third-order valence-electron chi connectivity index (χ3n) is 3.11. The molecule has 3 N–H and O–H groups in total. The average Bonchev–Trinajstić information content (AvgIpc) is 2.74. The lowest BCUT2D eigenvalue weighted by molar-refractivity contribution is -0.122. The minimum Gasteiger partial charge on any atom is -0.351 e. The minimum absolute atomic E-state index is 0. The van der Waals surface area contributed by atoms with Crippen molar-refractivity contribution in [3.8, 4) is 0 Å². The number of rotatable bonds is 4. The molecule has 1 aromatic carbocycles. The Morgan fingerprint density at radius 2 is 2.21 bits per heavy atom. The van der Waals surface area contributed by atoms with E-state index < -0.39 is 0 Å². The van der Waals surface area contributed by atoms with Crippen LogP contribution in [0, 0.1) is 5.82 Å². The number of amides is 1. The Kier molecular flexibility index (Phi) is 6.21. The lowest BCUT2D eigenvalue weighted by atomic mass is 10.2. The number of carbonyl (C=O) groups excluding carboxylic acids is 1. The Labute approximate surface area is 118 Å². The molecule has 0 unspecified atom stereocenters. The molecule has 1 heterocycles. The first kappa shape index (κ1) is 15.9. The topological polar surface area (TPSA) is 58.4 Å². The molecule has 1 atom stereocenters. The minimum atomic E-state index is -0.291. The SMILES string of the molecule is Cl.N[C@@H]1CCN(CC(=O)NCc2ccccc2F)C1. The Morgan fingerprint density at radius 1 is 1.47 bits per heavy atom. The van der Waals surface area contributed by atoms with Crippen LogP contribution in [0.1, 0.15) is 12.0 Å². The van der Waals surface area contributed by atoms with Crippen molar-refractivity contribution in [1.82, 2.24) is 10.2 Å². The first-order valence-corrected chi connectivity index (χ1v) is 6.13. The molecule has 106 valence electrons. The number of carbonyl (C=O) groups is 1. The zero-order valence-electron chi connectivity index (χ0n) is 10.6. The fraction of sp³-hybridized carbons (Fsp3) is 0.462. The van der Waals surface area contributed by atoms with E-state index in [1.54, 1.807) is 18.2 Å². The van der Waals surface area contributed by atoms with Gasteiger partial charge in [-0.05, 0) is 12.5 Å². The molecule has 0 bridgehead atoms. The number of hydrogen-bond donors (Lipinski definition) is 2. The first-order chi connectivity index (χ1) is 8.65. The standard InChI is InChI=1S/C13H18FN3O.ClH/c14-12-4-2-1-3-10(12)7-16-13(18)9-17-6-5-11(15)8-17;/h1-4,11H,5-9,15H2,(H,16,18);1H/t11-;/m1./s1. The predicted molar refractivity (Wildman–Crippen MR) is 74.5 cm³/mol. The number of nitrogens with zero attached hydrogens (tertiary/aromatic N) is 1. The van der Waals surface area contributed by atoms with Crippen LogP contribution >= 0.6 is 12.4 Å². The highest BCUT2D eigenvalue weighted by Gasteiger charge is 2.20. The molecule has 1 saturated heterocycles. The van der Waals surface area contributed by atoms with E-state index in [2.05, 4.69) is 5.32 Å². The van der Waals surface area contributed by atoms with Crippen molar-refractivity contribution >= 4 is 18.3 Å². The number of hydrogen-bond acceptors (Lipinski definition) is 3. The summed E-state index contributed by atoms with van der Waals surface area (Å²) >= 11 is 0. The fourth-order valence-corrected chi connectivity index (χ4v) is 2.10. The number of benzene rings is 1. The number of nitrogens with one attached hydrogen (secondary N) is 1. The maximum atomic E-state index is 13.3. The fourth-order valence-electron chi connectivity index (χ4n) is 2.10. The molecule has 2 rings (SSSR count). The lowest BCUT2D eigenvalue weighted by Crippen LogP contribution is -2.37. The summed E-state index contributed by atoms with van der Waals surface area (Å²) in [6.45, 7) is 2.18. The van der Waals surface area contributed by atoms with Gasteiger partial charge in [0, 0.05) is 31.2 Å². The van der Waals surface area contributed by atoms with Gasteiger partial charge in [-0.2, -0.15) is 0 Å². The van der Waals surface area contributed by atoms with E-state index in [0.29, 0.717) is 12.1 Å². The van der Waals surface area contributed by atoms with Crippen molar-refractivity contribution in [3.05, 3.63) is 35.6 Å². The highest BCUT2D eigenvalue weighted by Crippen LogP contribution is 2.07. The van der Waals surface area contributed by atoms with Gasteiger partial charge >= 0.3 is 0 Å². The number of nitrogens with two attached hydrogens (primary N) is 1. The maximum absolute atomic E-state index is 13.3. The molecule has 0 spiro atoms. The van der Waals surface area contributed by atoms with E-state index in [1.165, 1.54) is 6.07 Å². The van der Waals surface area contributed by atoms with Crippen molar-refractivity contribution < 1.29 is 9.18 Å². The van der Waals surface area contributed by atoms with E-state index in [9.17, 15) is 9.18 Å². The van der Waals surface area contributed by atoms with E-state index in [4.69, 9.17) is 5.73 Å². The number of likely N-dealkylation sites (tertiary alicyclic amines) is 1. The number of halogens is 2. The third-order valence-corrected chi connectivity index (χ3v) is 3.11. The van der Waals surface area contributed by atoms with Crippen molar-refractivity contribution in [2.75, 3.05) is 19.6 Å². The van der Waals surface area contributed by atoms with Crippen molar-refractivity contribution in [2.45, 2.75) is 19.0 Å². The molecule has 4 nitrogen and oxygen atoms in total. The summed E-state index contributed by atoms with van der Waals surface area (Å²) in [7, 11) is 0. The van der Waals surface area contributed by atoms with Gasteiger partial charge in [0.25, 0.3) is 0 Å². The largest absolute Gasteiger partial charge is 0.351 e. The van der Waals surface area contributed by atoms with Crippen LogP contribution < -0.4 is 11.1 Å². The molecule has 0 aromatic heterocycles. The Hall–Kier alpha value is -1.17. The quantitative estimate of drug-likeness (QED) is 0.865. The van der Waals surface area contributed by atoms with Gasteiger partial charge in [0.1, 0.15) is 5.82 Å². The molecule has 0 aliphatic carbocycles. The summed E-state index contributed by atoms with van der Waals surface area (Å²) in [6.07, 6.45) is 0.931. The molecule has 6 heteroatoms. The molecule has 0 saturated carbocycles. The van der Waals surface area contributed by atoms with Gasteiger partial charge in [-0.3, -0.25) is 9.69 Å². The summed E-state index contributed by atoms with van der Waals surface area (Å²) in [5, 5.41) is 2.72. The Balaban J connectivity index is 0.00000180. The second-order valence-electron chi connectivity index (χ2n) is 4.65. The molecule has 1 aromatic rings. The normalized spacial score (nSPS) is 18.9. The van der Waals surface area contributed by atoms with Crippen molar-refractivity contribution in [3.63, 3.8) is 0 Å². The summed E-state index contributed by atoms with van der Waals surface area (Å²) < 4.78 is 13.3. The van der Waals surface area contributed by atoms with Crippen LogP contribution in [0.15, 0.2) is 24.3 Å². The molecule has 1 aliphatic rings. The van der Waals surface area contributed by atoms with E-state index >= 15 is 0 Å². The van der Waals surface area contributed by atoms with E-state index in [-0.39, 0.29) is 36.7 Å². The zero-order valence-corrected chi connectivity index (χ0v) is 11.5. The third kappa shape index (κ3) is 4.78. The van der Waals surface area contributed by atoms with Gasteiger partial charge in [0.15, 0.2) is 0 Å². The lowest BCUT2D eigenvalue weighted by Gasteiger charge is -2.14. The van der Waals surface area contributed by atoms with Crippen LogP contribution in [0.2, 0.25) is 0 Å². The average molecular weight is 288 g/mol. The molecule has 1 fully saturated rings. The summed E-state index contributed by atoms with van der Waals surface area (Å²) in [4.78, 5) is 13.7. The molecule has 19 heavy (non-hydrogen) atoms. The van der Waals surface area contributed by atoms with Gasteiger partial charge in [0.05, 0.1) is 6.54 Å². The Bertz CT molecular complexity index is 430. The van der Waals surface area contributed by atoms with Crippen LogP contribution in [0.3, 0.4) is 0 Å². The van der Waals surface area contributed by atoms with Gasteiger partial charge < -0.3 is 11.1 Å². The zero-order chi connectivity index (χ0) is 13.0. The van der Waals surface area contributed by atoms with Gasteiger partial charge in [-0.1, -0.05) is 18.2 Å². The summed E-state index contributed by atoms with van der Waals surface area (Å²) in [5.41, 5.74) is 6.27. The van der Waals surface area contributed by atoms with Gasteiger partial charge in [0.2, 0.25) is 5.91 Å². The van der Waals surface area contributed by atoms with Crippen LogP contribution in [-0.2, 0) is 11.3 Å². The second kappa shape index (κ2) is 7.43. The van der Waals surface area contributed by atoms with Crippen LogP contribution in [0.5, 0.6) is 0 Å². The van der Waals surface area contributed by atoms with Crippen LogP contribution in [0.25, 0.3) is 0 Å². The molecular formula is C13H19ClFN3O. The van der Waals surface area contributed by atoms with E-state index in [1.807, 2.05) is 4.90 Å². The summed E-state index contributed by atoms with van der Waals surface area (Å²) in [6, 6.07) is 6.61. The van der Waals surface area contributed by atoms with Crippen molar-refractivity contribution in [1.29, 1.82) is 0 Å². The highest BCUT2D eigenvalue weighted by molar-refractivity contribution is 5.85.